The summed E-state index contributed by atoms with van der Waals surface area (Å²) in [4.78, 5) is 20.1. The fourth-order valence-corrected chi connectivity index (χ4v) is 2.66. The molecule has 0 heterocycles. The molecule has 0 atom stereocenters. The first-order chi connectivity index (χ1) is 15.3. The summed E-state index contributed by atoms with van der Waals surface area (Å²) in [5.74, 6) is -0.303. The quantitative estimate of drug-likeness (QED) is 0.116. The first-order valence-corrected chi connectivity index (χ1v) is 10.3. The van der Waals surface area contributed by atoms with Gasteiger partial charge in [-0.05, 0) is 45.8 Å². The van der Waals surface area contributed by atoms with E-state index in [0.717, 1.165) is 31.1 Å². The van der Waals surface area contributed by atoms with Gasteiger partial charge < -0.3 is 4.74 Å². The Morgan fingerprint density at radius 2 is 1.78 bits per heavy atom. The number of hydrogen-bond donors (Lipinski definition) is 0. The van der Waals surface area contributed by atoms with E-state index < -0.39 is 6.36 Å². The van der Waals surface area contributed by atoms with Crippen molar-refractivity contribution in [2.75, 3.05) is 0 Å². The van der Waals surface area contributed by atoms with E-state index in [1.807, 2.05) is 0 Å². The van der Waals surface area contributed by atoms with Gasteiger partial charge in [0.15, 0.2) is 0 Å². The van der Waals surface area contributed by atoms with E-state index in [2.05, 4.69) is 21.6 Å². The molecule has 32 heavy (non-hydrogen) atoms. The summed E-state index contributed by atoms with van der Waals surface area (Å²) in [6.45, 7) is 6.85. The minimum absolute atomic E-state index is 0.303. The Balaban J connectivity index is 3.67. The molecule has 4 nitrogen and oxygen atoms in total. The molecule has 1 aromatic rings. The van der Waals surface area contributed by atoms with E-state index in [-0.39, 0.29) is 5.76 Å². The first-order valence-electron chi connectivity index (χ1n) is 10.3. The Hall–Kier alpha value is -3.22. The van der Waals surface area contributed by atoms with Crippen molar-refractivity contribution in [3.05, 3.63) is 76.7 Å². The highest BCUT2D eigenvalue weighted by Gasteiger charge is 2.30. The van der Waals surface area contributed by atoms with Crippen LogP contribution in [-0.4, -0.2) is 25.1 Å². The zero-order chi connectivity index (χ0) is 24.0. The molecule has 0 N–H and O–H groups in total. The number of hydrogen-bond acceptors (Lipinski definition) is 4. The zero-order valence-electron chi connectivity index (χ0n) is 18.8. The summed E-state index contributed by atoms with van der Waals surface area (Å²) >= 11 is 0. The molecule has 0 unspecified atom stereocenters. The van der Waals surface area contributed by atoms with Crippen LogP contribution < -0.4 is 0 Å². The minimum Gasteiger partial charge on any atom is -0.411 e. The smallest absolute Gasteiger partial charge is 0.411 e. The number of aliphatic imine (C=N–C) groups is 2. The molecule has 1 aromatic carbocycles. The third-order valence-corrected chi connectivity index (χ3v) is 4.10. The second kappa shape index (κ2) is 14.0. The fourth-order valence-electron chi connectivity index (χ4n) is 2.66. The lowest BCUT2D eigenvalue weighted by molar-refractivity contribution is -0.305. The Bertz CT molecular complexity index is 920. The maximum Gasteiger partial charge on any atom is 0.572 e. The number of carbonyl (C=O) groups is 1. The molecular weight excluding hydrogens is 417 g/mol. The van der Waals surface area contributed by atoms with Gasteiger partial charge in [0.05, 0.1) is 11.4 Å². The van der Waals surface area contributed by atoms with Crippen LogP contribution >= 0.6 is 0 Å². The van der Waals surface area contributed by atoms with Crippen LogP contribution in [0, 0.1) is 0 Å². The number of nitrogens with zero attached hydrogens (tertiary/aromatic N) is 2. The van der Waals surface area contributed by atoms with Crippen molar-refractivity contribution in [1.29, 1.82) is 0 Å². The third-order valence-electron chi connectivity index (χ3n) is 4.10. The number of allylic oxidation sites excluding steroid dienone is 5. The summed E-state index contributed by atoms with van der Waals surface area (Å²) in [6.07, 6.45) is 8.40. The number of carbonyl (C=O) groups excluding carboxylic acids is 1. The fraction of sp³-hybridized carbons (Fsp3) is 0.320. The van der Waals surface area contributed by atoms with Gasteiger partial charge >= 0.3 is 6.36 Å². The number of alkyl halides is 3. The standard InChI is InChI=1S/C25H29F3N2O2/c1-5-8-9-17-30-24(22-15-12-20(18-31)13-16-22)23(29-7-3)21(10-6-2)14-11-19(4)32-25(26,27)28/h6-7,10-18H,5,8-9H2,1-4H3/b10-6-,19-11+,21-14+,24-23+,29-7?,30-17?. The van der Waals surface area contributed by atoms with Crippen LogP contribution in [0.4, 0.5) is 13.2 Å². The molecule has 7 heteroatoms. The van der Waals surface area contributed by atoms with Crippen LogP contribution in [-0.2, 0) is 4.74 Å². The summed E-state index contributed by atoms with van der Waals surface area (Å²) in [7, 11) is 0. The number of ether oxygens (including phenoxy) is 1. The van der Waals surface area contributed by atoms with Crippen molar-refractivity contribution in [2.45, 2.75) is 53.3 Å². The van der Waals surface area contributed by atoms with E-state index in [9.17, 15) is 18.0 Å². The Kier molecular flexibility index (Phi) is 11.7. The van der Waals surface area contributed by atoms with Gasteiger partial charge in [0, 0.05) is 29.1 Å². The lowest BCUT2D eigenvalue weighted by atomic mass is 10.0. The summed E-state index contributed by atoms with van der Waals surface area (Å²) < 4.78 is 41.4. The van der Waals surface area contributed by atoms with Crippen LogP contribution in [0.2, 0.25) is 0 Å². The van der Waals surface area contributed by atoms with Crippen LogP contribution in [0.1, 0.15) is 62.9 Å². The molecule has 0 radical (unpaired) electrons. The second-order valence-electron chi connectivity index (χ2n) is 6.73. The predicted octanol–water partition coefficient (Wildman–Crippen LogP) is 7.46. The molecule has 0 aliphatic carbocycles. The van der Waals surface area contributed by atoms with E-state index in [4.69, 9.17) is 0 Å². The number of benzene rings is 1. The van der Waals surface area contributed by atoms with Crippen molar-refractivity contribution in [3.8, 4) is 0 Å². The van der Waals surface area contributed by atoms with Gasteiger partial charge in [-0.2, -0.15) is 0 Å². The average molecular weight is 447 g/mol. The highest BCUT2D eigenvalue weighted by atomic mass is 19.4. The molecule has 0 aromatic heterocycles. The van der Waals surface area contributed by atoms with Gasteiger partial charge in [-0.3, -0.25) is 14.8 Å². The van der Waals surface area contributed by atoms with Crippen molar-refractivity contribution < 1.29 is 22.7 Å². The molecule has 0 bridgehead atoms. The second-order valence-corrected chi connectivity index (χ2v) is 6.73. The molecule has 172 valence electrons. The van der Waals surface area contributed by atoms with Crippen molar-refractivity contribution in [3.63, 3.8) is 0 Å². The van der Waals surface area contributed by atoms with Crippen molar-refractivity contribution in [1.82, 2.24) is 0 Å². The Labute approximate surface area is 187 Å². The number of rotatable bonds is 11. The first kappa shape index (κ1) is 26.8. The monoisotopic (exact) mass is 446 g/mol. The lowest BCUT2D eigenvalue weighted by Crippen LogP contribution is -2.11. The lowest BCUT2D eigenvalue weighted by Gasteiger charge is -2.11. The average Bonchev–Trinajstić information content (AvgIpc) is 2.75. The van der Waals surface area contributed by atoms with Crippen LogP contribution in [0.15, 0.2) is 75.6 Å². The Morgan fingerprint density at radius 3 is 2.31 bits per heavy atom. The van der Waals surface area contributed by atoms with E-state index in [1.54, 1.807) is 62.7 Å². The van der Waals surface area contributed by atoms with E-state index in [0.29, 0.717) is 22.5 Å². The van der Waals surface area contributed by atoms with Crippen molar-refractivity contribution >= 4 is 24.4 Å². The van der Waals surface area contributed by atoms with E-state index >= 15 is 0 Å². The predicted molar refractivity (Wildman–Crippen MR) is 125 cm³/mol. The summed E-state index contributed by atoms with van der Waals surface area (Å²) in [5.41, 5.74) is 2.83. The molecule has 0 saturated heterocycles. The molecule has 0 aliphatic heterocycles. The zero-order valence-corrected chi connectivity index (χ0v) is 18.8. The largest absolute Gasteiger partial charge is 0.572 e. The van der Waals surface area contributed by atoms with Crippen molar-refractivity contribution in [2.24, 2.45) is 9.98 Å². The highest BCUT2D eigenvalue weighted by Crippen LogP contribution is 2.28. The number of halogens is 3. The molecular formula is C25H29F3N2O2. The van der Waals surface area contributed by atoms with Gasteiger partial charge in [-0.25, -0.2) is 0 Å². The minimum atomic E-state index is -4.76. The van der Waals surface area contributed by atoms with Gasteiger partial charge in [0.25, 0.3) is 0 Å². The van der Waals surface area contributed by atoms with E-state index in [1.165, 1.54) is 19.1 Å². The van der Waals surface area contributed by atoms with Crippen LogP contribution in [0.25, 0.3) is 5.70 Å². The van der Waals surface area contributed by atoms with Gasteiger partial charge in [0.2, 0.25) is 0 Å². The normalized spacial score (nSPS) is 14.5. The highest BCUT2D eigenvalue weighted by molar-refractivity contribution is 5.82. The summed E-state index contributed by atoms with van der Waals surface area (Å²) in [5, 5.41) is 0. The van der Waals surface area contributed by atoms with Gasteiger partial charge in [-0.1, -0.05) is 49.8 Å². The maximum absolute atomic E-state index is 12.5. The third kappa shape index (κ3) is 9.73. The molecule has 1 rings (SSSR count). The van der Waals surface area contributed by atoms with Crippen LogP contribution in [0.3, 0.4) is 0 Å². The Morgan fingerprint density at radius 1 is 1.09 bits per heavy atom. The molecule has 0 aliphatic rings. The molecule has 0 saturated carbocycles. The molecule has 0 spiro atoms. The SMILES string of the molecule is CC=NC(/C(/C=C\C)=C/C=C(\C)OC(F)(F)F)=C(/N=CCCCC)c1ccc(C=O)cc1. The summed E-state index contributed by atoms with van der Waals surface area (Å²) in [6, 6.07) is 6.89. The van der Waals surface area contributed by atoms with Crippen LogP contribution in [0.5, 0.6) is 0 Å². The van der Waals surface area contributed by atoms with Gasteiger partial charge in [0.1, 0.15) is 12.0 Å². The molecule has 0 amide bonds. The topological polar surface area (TPSA) is 51.0 Å². The molecule has 0 fully saturated rings. The van der Waals surface area contributed by atoms with Gasteiger partial charge in [-0.15, -0.1) is 13.2 Å². The maximum atomic E-state index is 12.5. The number of aldehydes is 1. The number of unbranched alkanes of at least 4 members (excludes halogenated alkanes) is 2.